The monoisotopic (exact) mass is 868 g/mol. The Bertz CT molecular complexity index is 953. The maximum Gasteiger partial charge on any atom is 0.505 e. The summed E-state index contributed by atoms with van der Waals surface area (Å²) in [6.07, 6.45) is 12.5. The van der Waals surface area contributed by atoms with Gasteiger partial charge in [0.25, 0.3) is 0 Å². The molecule has 50 heavy (non-hydrogen) atoms. The Kier molecular flexibility index (Phi) is 21.9. The third-order valence-corrected chi connectivity index (χ3v) is 37.0. The van der Waals surface area contributed by atoms with Crippen molar-refractivity contribution in [3.8, 4) is 0 Å². The predicted molar refractivity (Wildman–Crippen MR) is 238 cm³/mol. The molecule has 0 amide bonds. The van der Waals surface area contributed by atoms with Crippen LogP contribution in [-0.4, -0.2) is 89.7 Å². The smallest absolute Gasteiger partial charge is 0.419 e. The highest BCUT2D eigenvalue weighted by Gasteiger charge is 2.61. The molecule has 0 saturated heterocycles. The highest BCUT2D eigenvalue weighted by atomic mass is 28.5. The molecule has 0 atom stereocenters. The highest BCUT2D eigenvalue weighted by molar-refractivity contribution is 6.89. The standard InChI is InChI=1S/C20H50O5Si6.C12H26O3Si4/c1-26(2)21-30(22-27(3)4,19-15-11-9-12-16-19)25-31(23-28(5)6,24-29(7)8)20-17-13-10-14-18-20;1-16(2)13-19(14-17(3)4,15-18(5)6)12-10-8-7-9-11-12/h19-20,26-29H,9-18H2,1-8H3;7-11,16-18H,1-6H3. The minimum absolute atomic E-state index is 0.427. The van der Waals surface area contributed by atoms with Crippen molar-refractivity contribution >= 4 is 94.9 Å². The van der Waals surface area contributed by atoms with Gasteiger partial charge in [-0.1, -0.05) is 68.9 Å². The molecular formula is C32H76O8Si10. The molecule has 0 bridgehead atoms. The van der Waals surface area contributed by atoms with Crippen molar-refractivity contribution in [1.82, 2.24) is 0 Å². The lowest BCUT2D eigenvalue weighted by molar-refractivity contribution is 0.150. The summed E-state index contributed by atoms with van der Waals surface area (Å²) >= 11 is 0. The zero-order valence-corrected chi connectivity index (χ0v) is 45.5. The van der Waals surface area contributed by atoms with E-state index in [0.717, 1.165) is 5.19 Å². The molecule has 0 unspecified atom stereocenters. The van der Waals surface area contributed by atoms with Crippen molar-refractivity contribution in [3.05, 3.63) is 30.3 Å². The molecule has 1 aromatic rings. The van der Waals surface area contributed by atoms with Crippen LogP contribution in [0.1, 0.15) is 64.2 Å². The van der Waals surface area contributed by atoms with Crippen LogP contribution in [0.5, 0.6) is 0 Å². The van der Waals surface area contributed by atoms with Gasteiger partial charge in [0.1, 0.15) is 0 Å². The SMILES string of the molecule is C[SiH](C)O[Si](O[SiH](C)C)(O[SiH](C)C)c1ccccc1.C[SiH](C)O[Si](O[SiH](C)C)(O[Si](O[SiH](C)C)(O[SiH](C)C)C1CCCCC1)C1CCCCC1. The molecule has 2 fully saturated rings. The first-order valence-electron chi connectivity index (χ1n) is 19.9. The van der Waals surface area contributed by atoms with Crippen LogP contribution in [0.25, 0.3) is 0 Å². The van der Waals surface area contributed by atoms with Crippen molar-refractivity contribution in [2.75, 3.05) is 0 Å². The van der Waals surface area contributed by atoms with Gasteiger partial charge in [-0.05, 0) is 117 Å². The first-order valence-corrected chi connectivity index (χ1v) is 44.7. The molecule has 0 aliphatic heterocycles. The van der Waals surface area contributed by atoms with Crippen molar-refractivity contribution in [3.63, 3.8) is 0 Å². The van der Waals surface area contributed by atoms with Gasteiger partial charge in [-0.15, -0.1) is 0 Å². The van der Waals surface area contributed by atoms with Crippen molar-refractivity contribution in [1.29, 1.82) is 0 Å². The molecule has 2 aliphatic carbocycles. The summed E-state index contributed by atoms with van der Waals surface area (Å²) < 4.78 is 54.4. The summed E-state index contributed by atoms with van der Waals surface area (Å²) in [6.45, 7) is 31.3. The van der Waals surface area contributed by atoms with Crippen LogP contribution in [0.4, 0.5) is 0 Å². The van der Waals surface area contributed by atoms with E-state index < -0.39 is 89.7 Å². The lowest BCUT2D eigenvalue weighted by Crippen LogP contribution is -2.66. The van der Waals surface area contributed by atoms with E-state index in [2.05, 4.69) is 104 Å². The van der Waals surface area contributed by atoms with Crippen molar-refractivity contribution in [2.24, 2.45) is 0 Å². The fraction of sp³-hybridized carbons (Fsp3) is 0.812. The Morgan fingerprint density at radius 3 is 0.940 bits per heavy atom. The first kappa shape index (κ1) is 47.2. The zero-order valence-electron chi connectivity index (χ0n) is 34.4. The van der Waals surface area contributed by atoms with E-state index >= 15 is 0 Å². The van der Waals surface area contributed by atoms with E-state index in [9.17, 15) is 0 Å². The highest BCUT2D eigenvalue weighted by Crippen LogP contribution is 2.46. The molecule has 18 heteroatoms. The van der Waals surface area contributed by atoms with Gasteiger partial charge in [-0.25, -0.2) is 0 Å². The molecule has 0 heterocycles. The molecular weight excluding hydrogens is 793 g/mol. The van der Waals surface area contributed by atoms with Gasteiger partial charge < -0.3 is 32.9 Å². The van der Waals surface area contributed by atoms with E-state index in [4.69, 9.17) is 32.9 Å². The Hall–Kier alpha value is 1.07. The molecule has 0 radical (unpaired) electrons. The summed E-state index contributed by atoms with van der Waals surface area (Å²) in [5.74, 6) is 0. The normalized spacial score (nSPS) is 17.5. The van der Waals surface area contributed by atoms with Gasteiger partial charge in [-0.3, -0.25) is 0 Å². The maximum absolute atomic E-state index is 7.48. The second-order valence-electron chi connectivity index (χ2n) is 16.1. The number of benzene rings is 1. The zero-order chi connectivity index (χ0) is 37.5. The van der Waals surface area contributed by atoms with Crippen LogP contribution >= 0.6 is 0 Å². The summed E-state index contributed by atoms with van der Waals surface area (Å²) in [5.41, 5.74) is 0.854. The van der Waals surface area contributed by atoms with Crippen LogP contribution in [0.3, 0.4) is 0 Å². The van der Waals surface area contributed by atoms with Crippen LogP contribution < -0.4 is 5.19 Å². The predicted octanol–water partition coefficient (Wildman–Crippen LogP) is 7.38. The summed E-state index contributed by atoms with van der Waals surface area (Å²) in [5, 5.41) is 1.12. The van der Waals surface area contributed by atoms with Gasteiger partial charge in [0.05, 0.1) is 0 Å². The molecule has 1 aromatic carbocycles. The van der Waals surface area contributed by atoms with Crippen LogP contribution in [-0.2, 0) is 32.9 Å². The lowest BCUT2D eigenvalue weighted by atomic mass is 10.0. The van der Waals surface area contributed by atoms with Crippen LogP contribution in [0.2, 0.25) is 103 Å². The number of hydrogen-bond acceptors (Lipinski definition) is 8. The summed E-state index contributed by atoms with van der Waals surface area (Å²) in [7, 11) is -17.6. The summed E-state index contributed by atoms with van der Waals surface area (Å²) in [6, 6.07) is 10.3. The van der Waals surface area contributed by atoms with E-state index in [0.29, 0.717) is 11.1 Å². The summed E-state index contributed by atoms with van der Waals surface area (Å²) in [4.78, 5) is 0. The minimum Gasteiger partial charge on any atom is -0.419 e. The van der Waals surface area contributed by atoms with Crippen molar-refractivity contribution in [2.45, 2.75) is 167 Å². The van der Waals surface area contributed by atoms with Gasteiger partial charge >= 0.3 is 26.4 Å². The number of hydrogen-bond donors (Lipinski definition) is 0. The van der Waals surface area contributed by atoms with E-state index in [1.165, 1.54) is 64.2 Å². The average Bonchev–Trinajstić information content (AvgIpc) is 3.00. The lowest BCUT2D eigenvalue weighted by Gasteiger charge is -2.49. The van der Waals surface area contributed by atoms with Crippen molar-refractivity contribution < 1.29 is 32.9 Å². The molecule has 3 rings (SSSR count). The second-order valence-corrected chi connectivity index (χ2v) is 43.9. The first-order chi connectivity index (χ1) is 23.4. The van der Waals surface area contributed by atoms with Gasteiger partial charge in [0.15, 0.2) is 63.3 Å². The fourth-order valence-electron chi connectivity index (χ4n) is 6.99. The Balaban J connectivity index is 0.000000391. The quantitative estimate of drug-likeness (QED) is 0.134. The molecule has 8 nitrogen and oxygen atoms in total. The van der Waals surface area contributed by atoms with Gasteiger partial charge in [0, 0.05) is 16.3 Å². The third-order valence-electron chi connectivity index (χ3n) is 8.39. The number of rotatable bonds is 19. The van der Waals surface area contributed by atoms with E-state index in [-0.39, 0.29) is 0 Å². The molecule has 292 valence electrons. The van der Waals surface area contributed by atoms with Crippen LogP contribution in [0.15, 0.2) is 30.3 Å². The van der Waals surface area contributed by atoms with Crippen LogP contribution in [0, 0.1) is 0 Å². The Labute approximate surface area is 323 Å². The average molecular weight is 870 g/mol. The van der Waals surface area contributed by atoms with Gasteiger partial charge in [-0.2, -0.15) is 0 Å². The molecule has 0 spiro atoms. The molecule has 0 aromatic heterocycles. The van der Waals surface area contributed by atoms with Gasteiger partial charge in [0.2, 0.25) is 0 Å². The Morgan fingerprint density at radius 1 is 0.400 bits per heavy atom. The molecule has 2 saturated carbocycles. The Morgan fingerprint density at radius 2 is 0.680 bits per heavy atom. The minimum atomic E-state index is -2.89. The second kappa shape index (κ2) is 23.2. The largest absolute Gasteiger partial charge is 0.505 e. The fourth-order valence-corrected chi connectivity index (χ4v) is 41.5. The topological polar surface area (TPSA) is 73.8 Å². The molecule has 0 N–H and O–H groups in total. The maximum atomic E-state index is 7.48. The third kappa shape index (κ3) is 16.0. The van der Waals surface area contributed by atoms with E-state index in [1.54, 1.807) is 0 Å². The van der Waals surface area contributed by atoms with E-state index in [1.807, 2.05) is 18.2 Å². The molecule has 2 aliphatic rings.